The fraction of sp³-hybridized carbons (Fsp3) is 0.263. The minimum atomic E-state index is -0.384. The van der Waals surface area contributed by atoms with E-state index in [4.69, 9.17) is 4.42 Å². The van der Waals surface area contributed by atoms with Gasteiger partial charge in [0.15, 0.2) is 11.2 Å². The third kappa shape index (κ3) is 3.49. The zero-order valence-electron chi connectivity index (χ0n) is 14.2. The monoisotopic (exact) mass is 340 g/mol. The number of aromatic hydroxyl groups is 1. The Bertz CT molecular complexity index is 1030. The van der Waals surface area contributed by atoms with Gasteiger partial charge in [-0.05, 0) is 31.5 Å². The van der Waals surface area contributed by atoms with Gasteiger partial charge in [0, 0.05) is 37.5 Å². The van der Waals surface area contributed by atoms with Gasteiger partial charge in [-0.25, -0.2) is 0 Å². The molecule has 0 aliphatic carbocycles. The zero-order chi connectivity index (χ0) is 18.0. The summed E-state index contributed by atoms with van der Waals surface area (Å²) in [6, 6.07) is 6.86. The Morgan fingerprint density at radius 1 is 1.20 bits per heavy atom. The van der Waals surface area contributed by atoms with Gasteiger partial charge in [0.05, 0.1) is 17.3 Å². The summed E-state index contributed by atoms with van der Waals surface area (Å²) in [6.07, 6.45) is 3.14. The molecule has 3 rings (SSSR count). The van der Waals surface area contributed by atoms with E-state index >= 15 is 0 Å². The maximum absolute atomic E-state index is 12.5. The van der Waals surface area contributed by atoms with Crippen LogP contribution >= 0.6 is 0 Å². The average Bonchev–Trinajstić information content (AvgIpc) is 2.60. The number of benzene rings is 1. The molecule has 3 aromatic rings. The van der Waals surface area contributed by atoms with Crippen molar-refractivity contribution in [1.29, 1.82) is 0 Å². The van der Waals surface area contributed by atoms with Gasteiger partial charge in [-0.3, -0.25) is 9.59 Å². The van der Waals surface area contributed by atoms with Crippen LogP contribution in [0.4, 0.5) is 0 Å². The van der Waals surface area contributed by atoms with E-state index in [1.807, 2.05) is 19.1 Å². The minimum absolute atomic E-state index is 0.0362. The Morgan fingerprint density at radius 3 is 2.80 bits per heavy atom. The molecule has 0 unspecified atom stereocenters. The summed E-state index contributed by atoms with van der Waals surface area (Å²) >= 11 is 0. The van der Waals surface area contributed by atoms with Crippen molar-refractivity contribution in [2.45, 2.75) is 26.9 Å². The van der Waals surface area contributed by atoms with E-state index in [0.29, 0.717) is 41.9 Å². The molecule has 0 saturated carbocycles. The number of nitrogens with one attached hydrogen (secondary N) is 1. The van der Waals surface area contributed by atoms with Crippen LogP contribution in [0.25, 0.3) is 11.0 Å². The first-order chi connectivity index (χ1) is 12.0. The molecule has 0 radical (unpaired) electrons. The number of rotatable bonds is 5. The minimum Gasteiger partial charge on any atom is -0.503 e. The van der Waals surface area contributed by atoms with Gasteiger partial charge in [-0.2, -0.15) is 0 Å². The third-order valence-corrected chi connectivity index (χ3v) is 4.26. The first kappa shape index (κ1) is 17.0. The molecule has 6 nitrogen and oxygen atoms in total. The number of nitrogens with zero attached hydrogens (tertiary/aromatic N) is 1. The lowest BCUT2D eigenvalue weighted by Gasteiger charge is -2.12. The molecule has 0 amide bonds. The lowest BCUT2D eigenvalue weighted by molar-refractivity contribution is 0.451. The standard InChI is InChI=1S/C19H20N2O4/c1-12-3-4-15-17(9-12)25-11-14(19(15)24)10-20-6-8-21-7-5-16(22)18(23)13(21)2/h3-5,7,9,11,20,23H,6,8,10H2,1-2H3. The van der Waals surface area contributed by atoms with Crippen molar-refractivity contribution in [3.8, 4) is 5.75 Å². The van der Waals surface area contributed by atoms with Crippen molar-refractivity contribution in [2.24, 2.45) is 0 Å². The summed E-state index contributed by atoms with van der Waals surface area (Å²) in [5.41, 5.74) is 2.30. The van der Waals surface area contributed by atoms with Crippen LogP contribution in [0.2, 0.25) is 0 Å². The Morgan fingerprint density at radius 2 is 2.00 bits per heavy atom. The third-order valence-electron chi connectivity index (χ3n) is 4.26. The highest BCUT2D eigenvalue weighted by Crippen LogP contribution is 2.13. The van der Waals surface area contributed by atoms with E-state index in [0.717, 1.165) is 5.56 Å². The second-order valence-electron chi connectivity index (χ2n) is 6.07. The largest absolute Gasteiger partial charge is 0.503 e. The second-order valence-corrected chi connectivity index (χ2v) is 6.07. The normalized spacial score (nSPS) is 11.1. The van der Waals surface area contributed by atoms with Gasteiger partial charge in [0.25, 0.3) is 0 Å². The maximum atomic E-state index is 12.5. The zero-order valence-corrected chi connectivity index (χ0v) is 14.2. The summed E-state index contributed by atoms with van der Waals surface area (Å²) < 4.78 is 7.34. The molecule has 0 spiro atoms. The van der Waals surface area contributed by atoms with E-state index in [1.54, 1.807) is 23.8 Å². The number of pyridine rings is 1. The molecule has 1 aromatic carbocycles. The average molecular weight is 340 g/mol. The number of hydrogen-bond acceptors (Lipinski definition) is 5. The quantitative estimate of drug-likeness (QED) is 0.695. The topological polar surface area (TPSA) is 84.5 Å². The molecule has 0 saturated heterocycles. The summed E-state index contributed by atoms with van der Waals surface area (Å²) in [7, 11) is 0. The van der Waals surface area contributed by atoms with Crippen LogP contribution in [-0.4, -0.2) is 16.2 Å². The summed E-state index contributed by atoms with van der Waals surface area (Å²) in [4.78, 5) is 23.8. The summed E-state index contributed by atoms with van der Waals surface area (Å²) in [5, 5.41) is 13.4. The lowest BCUT2D eigenvalue weighted by Crippen LogP contribution is -2.24. The van der Waals surface area contributed by atoms with Gasteiger partial charge in [0.1, 0.15) is 5.58 Å². The lowest BCUT2D eigenvalue weighted by atomic mass is 10.1. The second kappa shape index (κ2) is 6.94. The van der Waals surface area contributed by atoms with E-state index in [-0.39, 0.29) is 16.6 Å². The maximum Gasteiger partial charge on any atom is 0.223 e. The SMILES string of the molecule is Cc1ccc2c(=O)c(CNCCn3ccc(=O)c(O)c3C)coc2c1. The smallest absolute Gasteiger partial charge is 0.223 e. The van der Waals surface area contributed by atoms with E-state index in [9.17, 15) is 14.7 Å². The van der Waals surface area contributed by atoms with Crippen LogP contribution in [0.1, 0.15) is 16.8 Å². The number of aryl methyl sites for hydroxylation is 1. The first-order valence-corrected chi connectivity index (χ1v) is 8.08. The van der Waals surface area contributed by atoms with Crippen LogP contribution in [0.15, 0.2) is 50.7 Å². The van der Waals surface area contributed by atoms with E-state index in [1.165, 1.54) is 12.3 Å². The molecule has 25 heavy (non-hydrogen) atoms. The summed E-state index contributed by atoms with van der Waals surface area (Å²) in [6.45, 7) is 5.17. The van der Waals surface area contributed by atoms with Crippen molar-refractivity contribution in [3.63, 3.8) is 0 Å². The molecule has 2 N–H and O–H groups in total. The fourth-order valence-corrected chi connectivity index (χ4v) is 2.73. The first-order valence-electron chi connectivity index (χ1n) is 8.08. The van der Waals surface area contributed by atoms with Crippen molar-refractivity contribution >= 4 is 11.0 Å². The van der Waals surface area contributed by atoms with Gasteiger partial charge >= 0.3 is 0 Å². The summed E-state index contributed by atoms with van der Waals surface area (Å²) in [5.74, 6) is -0.229. The molecule has 0 atom stereocenters. The number of aromatic nitrogens is 1. The molecule has 0 aliphatic rings. The molecular weight excluding hydrogens is 320 g/mol. The number of fused-ring (bicyclic) bond motifs is 1. The van der Waals surface area contributed by atoms with Crippen molar-refractivity contribution < 1.29 is 9.52 Å². The number of hydrogen-bond donors (Lipinski definition) is 2. The van der Waals surface area contributed by atoms with E-state index < -0.39 is 0 Å². The van der Waals surface area contributed by atoms with Gasteiger partial charge < -0.3 is 19.4 Å². The van der Waals surface area contributed by atoms with Crippen LogP contribution in [0.3, 0.4) is 0 Å². The predicted octanol–water partition coefficient (Wildman–Crippen LogP) is 2.07. The van der Waals surface area contributed by atoms with Crippen LogP contribution in [0.5, 0.6) is 5.75 Å². The fourth-order valence-electron chi connectivity index (χ4n) is 2.73. The Labute approximate surface area is 144 Å². The molecule has 6 heteroatoms. The van der Waals surface area contributed by atoms with Crippen LogP contribution in [0, 0.1) is 13.8 Å². The highest BCUT2D eigenvalue weighted by Gasteiger charge is 2.08. The van der Waals surface area contributed by atoms with E-state index in [2.05, 4.69) is 5.32 Å². The molecular formula is C19H20N2O4. The van der Waals surface area contributed by atoms with Gasteiger partial charge in [-0.1, -0.05) is 6.07 Å². The highest BCUT2D eigenvalue weighted by molar-refractivity contribution is 5.77. The van der Waals surface area contributed by atoms with Crippen LogP contribution < -0.4 is 16.2 Å². The van der Waals surface area contributed by atoms with Crippen molar-refractivity contribution in [1.82, 2.24) is 9.88 Å². The molecule has 0 bridgehead atoms. The van der Waals surface area contributed by atoms with Gasteiger partial charge in [-0.15, -0.1) is 0 Å². The highest BCUT2D eigenvalue weighted by atomic mass is 16.3. The Kier molecular flexibility index (Phi) is 4.72. The molecule has 2 heterocycles. The molecule has 0 aliphatic heterocycles. The molecule has 0 fully saturated rings. The van der Waals surface area contributed by atoms with Gasteiger partial charge in [0.2, 0.25) is 5.43 Å². The predicted molar refractivity (Wildman–Crippen MR) is 96.0 cm³/mol. The Hall–Kier alpha value is -2.86. The Balaban J connectivity index is 1.67. The van der Waals surface area contributed by atoms with Crippen molar-refractivity contribution in [3.05, 3.63) is 74.0 Å². The van der Waals surface area contributed by atoms with Crippen molar-refractivity contribution in [2.75, 3.05) is 6.54 Å². The molecule has 2 aromatic heterocycles. The molecule has 130 valence electrons. The van der Waals surface area contributed by atoms with Crippen LogP contribution in [-0.2, 0) is 13.1 Å².